The van der Waals surface area contributed by atoms with Crippen molar-refractivity contribution in [3.05, 3.63) is 65.2 Å². The molecule has 0 atom stereocenters. The Morgan fingerprint density at radius 2 is 1.81 bits per heavy atom. The van der Waals surface area contributed by atoms with Crippen LogP contribution in [0.4, 0.5) is 8.78 Å². The van der Waals surface area contributed by atoms with Gasteiger partial charge in [-0.25, -0.2) is 8.78 Å². The van der Waals surface area contributed by atoms with Crippen LogP contribution in [-0.2, 0) is 22.6 Å². The average molecular weight is 392 g/mol. The van der Waals surface area contributed by atoms with E-state index in [1.165, 1.54) is 23.4 Å². The van der Waals surface area contributed by atoms with Crippen molar-refractivity contribution in [2.24, 2.45) is 0 Å². The molecule has 3 rings (SSSR count). The number of nitrogens with one attached hydrogen (secondary N) is 1. The van der Waals surface area contributed by atoms with Crippen molar-refractivity contribution in [2.75, 3.05) is 32.1 Å². The van der Waals surface area contributed by atoms with E-state index in [1.54, 1.807) is 0 Å². The summed E-state index contributed by atoms with van der Waals surface area (Å²) in [5.74, 6) is -1.79. The van der Waals surface area contributed by atoms with E-state index in [4.69, 9.17) is 4.74 Å². The smallest absolute Gasteiger partial charge is 0.230 e. The van der Waals surface area contributed by atoms with Gasteiger partial charge in [-0.05, 0) is 29.3 Å². The first-order valence-electron chi connectivity index (χ1n) is 8.83. The number of morpholine rings is 1. The minimum Gasteiger partial charge on any atom is -0.379 e. The zero-order chi connectivity index (χ0) is 19.1. The van der Waals surface area contributed by atoms with Crippen molar-refractivity contribution in [1.82, 2.24) is 10.2 Å². The maximum Gasteiger partial charge on any atom is 0.230 e. The first kappa shape index (κ1) is 19.8. The van der Waals surface area contributed by atoms with Crippen LogP contribution < -0.4 is 5.32 Å². The number of ether oxygens (including phenoxy) is 1. The van der Waals surface area contributed by atoms with Gasteiger partial charge < -0.3 is 10.1 Å². The molecule has 1 heterocycles. The molecule has 0 aliphatic carbocycles. The zero-order valence-corrected chi connectivity index (χ0v) is 15.7. The van der Waals surface area contributed by atoms with Crippen LogP contribution in [-0.4, -0.2) is 42.9 Å². The molecule has 1 aliphatic heterocycles. The van der Waals surface area contributed by atoms with Crippen LogP contribution in [0.1, 0.15) is 11.1 Å². The van der Waals surface area contributed by atoms with E-state index >= 15 is 0 Å². The molecule has 0 bridgehead atoms. The number of carbonyl (C=O) groups is 1. The van der Waals surface area contributed by atoms with Gasteiger partial charge in [0.1, 0.15) is 0 Å². The molecular formula is C20H22F2N2O2S. The quantitative estimate of drug-likeness (QED) is 0.735. The molecule has 2 aromatic rings. The van der Waals surface area contributed by atoms with E-state index in [1.807, 2.05) is 18.2 Å². The number of halogens is 2. The van der Waals surface area contributed by atoms with Gasteiger partial charge in [0, 0.05) is 31.1 Å². The minimum absolute atomic E-state index is 0.147. The van der Waals surface area contributed by atoms with Crippen LogP contribution in [0, 0.1) is 11.6 Å². The Hall–Kier alpha value is -1.96. The highest BCUT2D eigenvalue weighted by Gasteiger charge is 2.13. The van der Waals surface area contributed by atoms with Crippen molar-refractivity contribution < 1.29 is 18.3 Å². The van der Waals surface area contributed by atoms with Gasteiger partial charge in [-0.3, -0.25) is 9.69 Å². The molecule has 1 saturated heterocycles. The monoisotopic (exact) mass is 392 g/mol. The molecule has 0 unspecified atom stereocenters. The molecule has 0 aromatic heterocycles. The average Bonchev–Trinajstić information content (AvgIpc) is 2.69. The number of benzene rings is 2. The molecule has 1 fully saturated rings. The first-order valence-corrected chi connectivity index (χ1v) is 9.82. The number of amides is 1. The maximum atomic E-state index is 13.2. The first-order chi connectivity index (χ1) is 13.1. The van der Waals surface area contributed by atoms with Crippen molar-refractivity contribution >= 4 is 17.7 Å². The topological polar surface area (TPSA) is 41.6 Å². The maximum absolute atomic E-state index is 13.2. The Bertz CT molecular complexity index is 782. The summed E-state index contributed by atoms with van der Waals surface area (Å²) in [7, 11) is 0. The number of nitrogens with zero attached hydrogens (tertiary/aromatic N) is 1. The predicted molar refractivity (Wildman–Crippen MR) is 101 cm³/mol. The van der Waals surface area contributed by atoms with Crippen LogP contribution >= 0.6 is 11.8 Å². The molecule has 1 amide bonds. The van der Waals surface area contributed by atoms with Crippen LogP contribution in [0.3, 0.4) is 0 Å². The second-order valence-corrected chi connectivity index (χ2v) is 7.35. The summed E-state index contributed by atoms with van der Waals surface area (Å²) >= 11 is 1.18. The number of rotatable bonds is 7. The molecule has 0 saturated carbocycles. The Morgan fingerprint density at radius 1 is 1.07 bits per heavy atom. The standard InChI is InChI=1S/C20H22F2N2O2S/c21-18-6-5-17(11-19(18)22)27-14-20(25)23-12-15-3-1-2-4-16(15)13-24-7-9-26-10-8-24/h1-6,11H,7-10,12-14H2,(H,23,25). The normalized spacial score (nSPS) is 14.9. The van der Waals surface area contributed by atoms with Crippen molar-refractivity contribution in [1.29, 1.82) is 0 Å². The van der Waals surface area contributed by atoms with Gasteiger partial charge >= 0.3 is 0 Å². The molecule has 0 radical (unpaired) electrons. The van der Waals surface area contributed by atoms with Gasteiger partial charge in [0.2, 0.25) is 5.91 Å². The van der Waals surface area contributed by atoms with E-state index in [9.17, 15) is 13.6 Å². The SMILES string of the molecule is O=C(CSc1ccc(F)c(F)c1)NCc1ccccc1CN1CCOCC1. The molecule has 7 heteroatoms. The van der Waals surface area contributed by atoms with Gasteiger partial charge in [0.05, 0.1) is 19.0 Å². The lowest BCUT2D eigenvalue weighted by Gasteiger charge is -2.27. The third-order valence-electron chi connectivity index (χ3n) is 4.35. The Morgan fingerprint density at radius 3 is 2.56 bits per heavy atom. The van der Waals surface area contributed by atoms with E-state index < -0.39 is 11.6 Å². The number of carbonyl (C=O) groups excluding carboxylic acids is 1. The molecule has 27 heavy (non-hydrogen) atoms. The fourth-order valence-electron chi connectivity index (χ4n) is 2.84. The summed E-state index contributed by atoms with van der Waals surface area (Å²) < 4.78 is 31.5. The molecule has 1 aliphatic rings. The highest BCUT2D eigenvalue weighted by molar-refractivity contribution is 8.00. The zero-order valence-electron chi connectivity index (χ0n) is 14.9. The number of hydrogen-bond donors (Lipinski definition) is 1. The fourth-order valence-corrected chi connectivity index (χ4v) is 3.60. The molecule has 1 N–H and O–H groups in total. The van der Waals surface area contributed by atoms with E-state index in [0.717, 1.165) is 50.5 Å². The summed E-state index contributed by atoms with van der Waals surface area (Å²) in [5.41, 5.74) is 2.27. The predicted octanol–water partition coefficient (Wildman–Crippen LogP) is 3.21. The summed E-state index contributed by atoms with van der Waals surface area (Å²) in [5, 5.41) is 2.90. The summed E-state index contributed by atoms with van der Waals surface area (Å²) in [6.07, 6.45) is 0. The van der Waals surface area contributed by atoms with Crippen LogP contribution in [0.5, 0.6) is 0 Å². The lowest BCUT2D eigenvalue weighted by Crippen LogP contribution is -2.36. The number of thioether (sulfide) groups is 1. The Kier molecular flexibility index (Phi) is 7.20. The van der Waals surface area contributed by atoms with Gasteiger partial charge in [-0.15, -0.1) is 11.8 Å². The molecule has 2 aromatic carbocycles. The largest absolute Gasteiger partial charge is 0.379 e. The minimum atomic E-state index is -0.905. The molecular weight excluding hydrogens is 370 g/mol. The fraction of sp³-hybridized carbons (Fsp3) is 0.350. The molecule has 4 nitrogen and oxygen atoms in total. The van der Waals surface area contributed by atoms with E-state index in [2.05, 4.69) is 16.3 Å². The van der Waals surface area contributed by atoms with E-state index in [0.29, 0.717) is 11.4 Å². The van der Waals surface area contributed by atoms with Crippen LogP contribution in [0.25, 0.3) is 0 Å². The molecule has 144 valence electrons. The van der Waals surface area contributed by atoms with Crippen LogP contribution in [0.2, 0.25) is 0 Å². The second-order valence-electron chi connectivity index (χ2n) is 6.30. The third kappa shape index (κ3) is 6.02. The Labute approximate surface area is 161 Å². The van der Waals surface area contributed by atoms with Gasteiger partial charge in [-0.1, -0.05) is 24.3 Å². The highest BCUT2D eigenvalue weighted by atomic mass is 32.2. The van der Waals surface area contributed by atoms with Crippen molar-refractivity contribution in [3.8, 4) is 0 Å². The van der Waals surface area contributed by atoms with E-state index in [-0.39, 0.29) is 11.7 Å². The van der Waals surface area contributed by atoms with Gasteiger partial charge in [0.25, 0.3) is 0 Å². The lowest BCUT2D eigenvalue weighted by atomic mass is 10.1. The summed E-state index contributed by atoms with van der Waals surface area (Å²) in [6.45, 7) is 4.59. The number of hydrogen-bond acceptors (Lipinski definition) is 4. The molecule has 0 spiro atoms. The summed E-state index contributed by atoms with van der Waals surface area (Å²) in [4.78, 5) is 15.0. The van der Waals surface area contributed by atoms with Gasteiger partial charge in [0.15, 0.2) is 11.6 Å². The third-order valence-corrected chi connectivity index (χ3v) is 5.35. The summed E-state index contributed by atoms with van der Waals surface area (Å²) in [6, 6.07) is 11.7. The van der Waals surface area contributed by atoms with Gasteiger partial charge in [-0.2, -0.15) is 0 Å². The van der Waals surface area contributed by atoms with Crippen molar-refractivity contribution in [3.63, 3.8) is 0 Å². The van der Waals surface area contributed by atoms with Crippen LogP contribution in [0.15, 0.2) is 47.4 Å². The second kappa shape index (κ2) is 9.82. The Balaban J connectivity index is 1.50. The van der Waals surface area contributed by atoms with Crippen molar-refractivity contribution in [2.45, 2.75) is 18.0 Å². The lowest BCUT2D eigenvalue weighted by molar-refractivity contribution is -0.118. The highest BCUT2D eigenvalue weighted by Crippen LogP contribution is 2.20.